The van der Waals surface area contributed by atoms with E-state index in [1.165, 1.54) is 0 Å². The van der Waals surface area contributed by atoms with Crippen LogP contribution >= 0.6 is 23.2 Å². The zero-order valence-electron chi connectivity index (χ0n) is 9.27. The van der Waals surface area contributed by atoms with E-state index in [2.05, 4.69) is 5.10 Å². The first-order valence-corrected chi connectivity index (χ1v) is 6.09. The molecule has 0 unspecified atom stereocenters. The number of fused-ring (bicyclic) bond motifs is 1. The Labute approximate surface area is 114 Å². The highest BCUT2D eigenvalue weighted by Gasteiger charge is 2.08. The summed E-state index contributed by atoms with van der Waals surface area (Å²) in [5.74, 6) is 0. The van der Waals surface area contributed by atoms with E-state index in [0.29, 0.717) is 15.7 Å². The van der Waals surface area contributed by atoms with E-state index in [0.717, 1.165) is 16.6 Å². The molecule has 90 valence electrons. The normalized spacial score (nSPS) is 11.0. The topological polar surface area (TPSA) is 43.8 Å². The highest BCUT2D eigenvalue weighted by atomic mass is 35.5. The monoisotopic (exact) mass is 277 g/mol. The van der Waals surface area contributed by atoms with Crippen LogP contribution in [0.15, 0.2) is 42.6 Å². The lowest BCUT2D eigenvalue weighted by Crippen LogP contribution is -1.96. The Morgan fingerprint density at radius 2 is 1.89 bits per heavy atom. The van der Waals surface area contributed by atoms with Crippen molar-refractivity contribution in [2.45, 2.75) is 0 Å². The highest BCUT2D eigenvalue weighted by molar-refractivity contribution is 6.35. The van der Waals surface area contributed by atoms with Crippen LogP contribution in [-0.4, -0.2) is 9.78 Å². The standard InChI is InChI=1S/C13H9Cl2N3/c14-9-1-3-13(11(15)6-9)18-12-4-2-10(16)5-8(12)7-17-18/h1-7H,16H2. The van der Waals surface area contributed by atoms with Crippen molar-refractivity contribution >= 4 is 39.8 Å². The number of hydrogen-bond donors (Lipinski definition) is 1. The number of benzene rings is 2. The second-order valence-electron chi connectivity index (χ2n) is 3.97. The van der Waals surface area contributed by atoms with Crippen molar-refractivity contribution in [2.24, 2.45) is 0 Å². The zero-order chi connectivity index (χ0) is 12.7. The first-order chi connectivity index (χ1) is 8.65. The summed E-state index contributed by atoms with van der Waals surface area (Å²) in [4.78, 5) is 0. The van der Waals surface area contributed by atoms with Crippen molar-refractivity contribution < 1.29 is 0 Å². The maximum atomic E-state index is 6.18. The Bertz CT molecular complexity index is 734. The molecule has 0 saturated carbocycles. The van der Waals surface area contributed by atoms with Gasteiger partial charge < -0.3 is 5.73 Å². The first kappa shape index (κ1) is 11.4. The Balaban J connectivity index is 2.25. The lowest BCUT2D eigenvalue weighted by molar-refractivity contribution is 0.911. The number of halogens is 2. The summed E-state index contributed by atoms with van der Waals surface area (Å²) in [6, 6.07) is 11.0. The molecule has 0 aliphatic heterocycles. The summed E-state index contributed by atoms with van der Waals surface area (Å²) in [5, 5.41) is 6.46. The number of nitrogens with two attached hydrogens (primary N) is 1. The maximum Gasteiger partial charge on any atom is 0.0840 e. The van der Waals surface area contributed by atoms with Crippen LogP contribution in [0.25, 0.3) is 16.6 Å². The zero-order valence-corrected chi connectivity index (χ0v) is 10.8. The van der Waals surface area contributed by atoms with Gasteiger partial charge in [-0.1, -0.05) is 23.2 Å². The van der Waals surface area contributed by atoms with Gasteiger partial charge in [-0.15, -0.1) is 0 Å². The number of hydrogen-bond acceptors (Lipinski definition) is 2. The van der Waals surface area contributed by atoms with Gasteiger partial charge in [-0.25, -0.2) is 4.68 Å². The molecular weight excluding hydrogens is 269 g/mol. The molecule has 3 aromatic rings. The lowest BCUT2D eigenvalue weighted by Gasteiger charge is -2.06. The van der Waals surface area contributed by atoms with Gasteiger partial charge >= 0.3 is 0 Å². The van der Waals surface area contributed by atoms with Gasteiger partial charge in [0.15, 0.2) is 0 Å². The van der Waals surface area contributed by atoms with Crippen LogP contribution in [0.4, 0.5) is 5.69 Å². The van der Waals surface area contributed by atoms with Gasteiger partial charge in [0.25, 0.3) is 0 Å². The van der Waals surface area contributed by atoms with Crippen LogP contribution in [0.3, 0.4) is 0 Å². The number of rotatable bonds is 1. The van der Waals surface area contributed by atoms with E-state index in [-0.39, 0.29) is 0 Å². The molecule has 0 radical (unpaired) electrons. The molecule has 0 aliphatic rings. The van der Waals surface area contributed by atoms with Crippen LogP contribution in [0, 0.1) is 0 Å². The van der Waals surface area contributed by atoms with E-state index in [9.17, 15) is 0 Å². The Morgan fingerprint density at radius 1 is 1.06 bits per heavy atom. The molecule has 18 heavy (non-hydrogen) atoms. The van der Waals surface area contributed by atoms with Gasteiger partial charge in [0.1, 0.15) is 0 Å². The van der Waals surface area contributed by atoms with Gasteiger partial charge in [0.05, 0.1) is 22.4 Å². The summed E-state index contributed by atoms with van der Waals surface area (Å²) in [7, 11) is 0. The fourth-order valence-corrected chi connectivity index (χ4v) is 2.38. The summed E-state index contributed by atoms with van der Waals surface area (Å²) >= 11 is 12.1. The fraction of sp³-hybridized carbons (Fsp3) is 0. The molecule has 2 N–H and O–H groups in total. The number of aromatic nitrogens is 2. The number of anilines is 1. The minimum atomic E-state index is 0.560. The molecule has 2 aromatic carbocycles. The van der Waals surface area contributed by atoms with Gasteiger partial charge in [0, 0.05) is 16.1 Å². The molecule has 0 spiro atoms. The molecular formula is C13H9Cl2N3. The van der Waals surface area contributed by atoms with E-state index in [1.54, 1.807) is 23.0 Å². The summed E-state index contributed by atoms with van der Waals surface area (Å²) in [6.07, 6.45) is 1.76. The summed E-state index contributed by atoms with van der Waals surface area (Å²) in [5.41, 5.74) is 8.20. The predicted octanol–water partition coefficient (Wildman–Crippen LogP) is 3.91. The second-order valence-corrected chi connectivity index (χ2v) is 4.81. The molecule has 3 nitrogen and oxygen atoms in total. The molecule has 0 fully saturated rings. The molecule has 1 aromatic heterocycles. The lowest BCUT2D eigenvalue weighted by atomic mass is 10.2. The molecule has 1 heterocycles. The maximum absolute atomic E-state index is 6.18. The summed E-state index contributed by atoms with van der Waals surface area (Å²) < 4.78 is 1.77. The fourth-order valence-electron chi connectivity index (χ4n) is 1.90. The summed E-state index contributed by atoms with van der Waals surface area (Å²) in [6.45, 7) is 0. The smallest absolute Gasteiger partial charge is 0.0840 e. The van der Waals surface area contributed by atoms with Crippen LogP contribution in [0.2, 0.25) is 10.0 Å². The average molecular weight is 278 g/mol. The first-order valence-electron chi connectivity index (χ1n) is 5.34. The van der Waals surface area contributed by atoms with E-state index in [4.69, 9.17) is 28.9 Å². The molecule has 5 heteroatoms. The highest BCUT2D eigenvalue weighted by Crippen LogP contribution is 2.27. The third-order valence-corrected chi connectivity index (χ3v) is 3.27. The predicted molar refractivity (Wildman–Crippen MR) is 75.5 cm³/mol. The third-order valence-electron chi connectivity index (χ3n) is 2.73. The Morgan fingerprint density at radius 3 is 2.67 bits per heavy atom. The van der Waals surface area contributed by atoms with Crippen LogP contribution < -0.4 is 5.73 Å². The van der Waals surface area contributed by atoms with Gasteiger partial charge in [-0.3, -0.25) is 0 Å². The van der Waals surface area contributed by atoms with Crippen molar-refractivity contribution in [1.82, 2.24) is 9.78 Å². The SMILES string of the molecule is Nc1ccc2c(cnn2-c2ccc(Cl)cc2Cl)c1. The largest absolute Gasteiger partial charge is 0.399 e. The molecule has 0 saturated heterocycles. The molecule has 0 amide bonds. The van der Waals surface area contributed by atoms with Crippen molar-refractivity contribution in [3.8, 4) is 5.69 Å². The van der Waals surface area contributed by atoms with Crippen LogP contribution in [0.5, 0.6) is 0 Å². The van der Waals surface area contributed by atoms with Crippen molar-refractivity contribution in [2.75, 3.05) is 5.73 Å². The number of nitrogens with zero attached hydrogens (tertiary/aromatic N) is 2. The van der Waals surface area contributed by atoms with Crippen molar-refractivity contribution in [3.05, 3.63) is 52.6 Å². The van der Waals surface area contributed by atoms with Gasteiger partial charge in [0.2, 0.25) is 0 Å². The van der Waals surface area contributed by atoms with E-state index < -0.39 is 0 Å². The van der Waals surface area contributed by atoms with E-state index >= 15 is 0 Å². The Kier molecular flexibility index (Phi) is 2.65. The van der Waals surface area contributed by atoms with Crippen LogP contribution in [0.1, 0.15) is 0 Å². The molecule has 3 rings (SSSR count). The van der Waals surface area contributed by atoms with Gasteiger partial charge in [-0.05, 0) is 36.4 Å². The van der Waals surface area contributed by atoms with Gasteiger partial charge in [-0.2, -0.15) is 5.10 Å². The second kappa shape index (κ2) is 4.19. The van der Waals surface area contributed by atoms with E-state index in [1.807, 2.05) is 24.3 Å². The minimum Gasteiger partial charge on any atom is -0.399 e. The third kappa shape index (κ3) is 1.82. The van der Waals surface area contributed by atoms with Crippen LogP contribution in [-0.2, 0) is 0 Å². The number of nitrogen functional groups attached to an aromatic ring is 1. The quantitative estimate of drug-likeness (QED) is 0.686. The average Bonchev–Trinajstić information content (AvgIpc) is 2.72. The van der Waals surface area contributed by atoms with Crippen molar-refractivity contribution in [1.29, 1.82) is 0 Å². The molecule has 0 bridgehead atoms. The molecule has 0 aliphatic carbocycles. The molecule has 0 atom stereocenters. The van der Waals surface area contributed by atoms with Crippen molar-refractivity contribution in [3.63, 3.8) is 0 Å². The Hall–Kier alpha value is -1.71. The minimum absolute atomic E-state index is 0.560.